The van der Waals surface area contributed by atoms with Crippen LogP contribution >= 0.6 is 11.3 Å². The van der Waals surface area contributed by atoms with Crippen molar-refractivity contribution in [3.8, 4) is 0 Å². The van der Waals surface area contributed by atoms with Gasteiger partial charge in [-0.25, -0.2) is 4.98 Å². The number of nitrogens with zero attached hydrogens (tertiary/aromatic N) is 1. The average molecular weight is 275 g/mol. The maximum absolute atomic E-state index is 12.2. The molecule has 0 aliphatic heterocycles. The molecule has 3 N–H and O–H groups in total. The van der Waals surface area contributed by atoms with Crippen molar-refractivity contribution >= 4 is 23.1 Å². The first-order valence-electron chi connectivity index (χ1n) is 6.27. The number of nitrogens with one attached hydrogen (secondary N) is 1. The van der Waals surface area contributed by atoms with Crippen molar-refractivity contribution < 1.29 is 4.79 Å². The predicted molar refractivity (Wildman–Crippen MR) is 78.1 cm³/mol. The Morgan fingerprint density at radius 2 is 2.26 bits per heavy atom. The lowest BCUT2D eigenvalue weighted by Crippen LogP contribution is -2.28. The minimum atomic E-state index is -0.181. The van der Waals surface area contributed by atoms with E-state index < -0.39 is 0 Å². The highest BCUT2D eigenvalue weighted by Gasteiger charge is 2.16. The fourth-order valence-corrected chi connectivity index (χ4v) is 2.69. The van der Waals surface area contributed by atoms with Gasteiger partial charge < -0.3 is 11.1 Å². The van der Waals surface area contributed by atoms with E-state index in [-0.39, 0.29) is 11.9 Å². The largest absolute Gasteiger partial charge is 0.384 e. The maximum Gasteiger partial charge on any atom is 0.270 e. The van der Waals surface area contributed by atoms with Crippen LogP contribution in [0.3, 0.4) is 0 Å². The number of hydrogen-bond donors (Lipinski definition) is 2. The highest BCUT2D eigenvalue weighted by molar-refractivity contribution is 7.10. The van der Waals surface area contributed by atoms with Crippen LogP contribution in [-0.4, -0.2) is 10.9 Å². The van der Waals surface area contributed by atoms with Gasteiger partial charge in [-0.05, 0) is 30.0 Å². The molecule has 19 heavy (non-hydrogen) atoms. The van der Waals surface area contributed by atoms with Gasteiger partial charge in [0, 0.05) is 4.88 Å². The number of thiophene rings is 1. The quantitative estimate of drug-likeness (QED) is 0.881. The van der Waals surface area contributed by atoms with Gasteiger partial charge >= 0.3 is 0 Å². The molecule has 0 aliphatic carbocycles. The van der Waals surface area contributed by atoms with Crippen molar-refractivity contribution in [3.63, 3.8) is 0 Å². The third kappa shape index (κ3) is 3.54. The third-order valence-corrected chi connectivity index (χ3v) is 3.76. The smallest absolute Gasteiger partial charge is 0.270 e. The Kier molecular flexibility index (Phi) is 4.52. The van der Waals surface area contributed by atoms with E-state index in [0.29, 0.717) is 11.5 Å². The van der Waals surface area contributed by atoms with Crippen molar-refractivity contribution in [2.24, 2.45) is 0 Å². The molecule has 0 spiro atoms. The molecule has 5 heteroatoms. The summed E-state index contributed by atoms with van der Waals surface area (Å²) in [6.45, 7) is 2.10. The number of pyridine rings is 1. The number of aromatic nitrogens is 1. The van der Waals surface area contributed by atoms with E-state index in [1.165, 1.54) is 4.88 Å². The SMILES string of the molecule is CCCC(NC(=O)c1cccc(N)n1)c1cccs1. The summed E-state index contributed by atoms with van der Waals surface area (Å²) < 4.78 is 0. The lowest BCUT2D eigenvalue weighted by atomic mass is 10.1. The van der Waals surface area contributed by atoms with Crippen LogP contribution in [0.2, 0.25) is 0 Å². The zero-order valence-electron chi connectivity index (χ0n) is 10.8. The van der Waals surface area contributed by atoms with Gasteiger partial charge in [-0.1, -0.05) is 25.5 Å². The van der Waals surface area contributed by atoms with Crippen LogP contribution in [0.5, 0.6) is 0 Å². The van der Waals surface area contributed by atoms with E-state index >= 15 is 0 Å². The lowest BCUT2D eigenvalue weighted by Gasteiger charge is -2.16. The highest BCUT2D eigenvalue weighted by Crippen LogP contribution is 2.23. The average Bonchev–Trinajstić information content (AvgIpc) is 2.92. The van der Waals surface area contributed by atoms with Crippen LogP contribution in [0.1, 0.15) is 41.2 Å². The molecule has 0 radical (unpaired) electrons. The van der Waals surface area contributed by atoms with Crippen LogP contribution < -0.4 is 11.1 Å². The van der Waals surface area contributed by atoms with E-state index in [4.69, 9.17) is 5.73 Å². The number of carbonyl (C=O) groups excluding carboxylic acids is 1. The van der Waals surface area contributed by atoms with E-state index in [0.717, 1.165) is 12.8 Å². The number of anilines is 1. The van der Waals surface area contributed by atoms with Crippen LogP contribution in [0.15, 0.2) is 35.7 Å². The molecule has 1 unspecified atom stereocenters. The predicted octanol–water partition coefficient (Wildman–Crippen LogP) is 3.00. The highest BCUT2D eigenvalue weighted by atomic mass is 32.1. The minimum Gasteiger partial charge on any atom is -0.384 e. The molecule has 2 aromatic rings. The molecule has 2 aromatic heterocycles. The normalized spacial score (nSPS) is 12.1. The molecule has 0 bridgehead atoms. The fraction of sp³-hybridized carbons (Fsp3) is 0.286. The van der Waals surface area contributed by atoms with Crippen molar-refractivity contribution in [1.29, 1.82) is 0 Å². The molecule has 0 fully saturated rings. The second-order valence-corrected chi connectivity index (χ2v) is 5.26. The van der Waals surface area contributed by atoms with Gasteiger partial charge in [0.25, 0.3) is 5.91 Å². The summed E-state index contributed by atoms with van der Waals surface area (Å²) >= 11 is 1.65. The van der Waals surface area contributed by atoms with Gasteiger partial charge in [0.1, 0.15) is 11.5 Å². The number of hydrogen-bond acceptors (Lipinski definition) is 4. The van der Waals surface area contributed by atoms with Gasteiger partial charge in [-0.15, -0.1) is 11.3 Å². The summed E-state index contributed by atoms with van der Waals surface area (Å²) in [5.41, 5.74) is 5.95. The minimum absolute atomic E-state index is 0.0423. The number of amides is 1. The molecule has 0 saturated carbocycles. The molecule has 1 amide bonds. The Bertz CT molecular complexity index is 539. The van der Waals surface area contributed by atoms with Crippen molar-refractivity contribution in [2.75, 3.05) is 5.73 Å². The van der Waals surface area contributed by atoms with Crippen LogP contribution in [0.25, 0.3) is 0 Å². The van der Waals surface area contributed by atoms with E-state index in [1.54, 1.807) is 29.5 Å². The number of carbonyl (C=O) groups is 1. The van der Waals surface area contributed by atoms with Crippen molar-refractivity contribution in [2.45, 2.75) is 25.8 Å². The zero-order chi connectivity index (χ0) is 13.7. The topological polar surface area (TPSA) is 68.0 Å². The summed E-state index contributed by atoms with van der Waals surface area (Å²) in [6.07, 6.45) is 1.92. The Labute approximate surface area is 116 Å². The molecule has 0 aromatic carbocycles. The second kappa shape index (κ2) is 6.33. The second-order valence-electron chi connectivity index (χ2n) is 4.28. The molecule has 2 heterocycles. The Balaban J connectivity index is 2.11. The summed E-state index contributed by atoms with van der Waals surface area (Å²) in [5.74, 6) is 0.176. The van der Waals surface area contributed by atoms with E-state index in [1.807, 2.05) is 17.5 Å². The summed E-state index contributed by atoms with van der Waals surface area (Å²) in [4.78, 5) is 17.4. The molecule has 100 valence electrons. The molecule has 4 nitrogen and oxygen atoms in total. The Morgan fingerprint density at radius 1 is 1.42 bits per heavy atom. The van der Waals surface area contributed by atoms with Gasteiger partial charge in [-0.2, -0.15) is 0 Å². The van der Waals surface area contributed by atoms with Crippen LogP contribution in [0.4, 0.5) is 5.82 Å². The van der Waals surface area contributed by atoms with Crippen molar-refractivity contribution in [1.82, 2.24) is 10.3 Å². The van der Waals surface area contributed by atoms with Gasteiger partial charge in [-0.3, -0.25) is 4.79 Å². The van der Waals surface area contributed by atoms with Crippen molar-refractivity contribution in [3.05, 3.63) is 46.3 Å². The number of nitrogens with two attached hydrogens (primary N) is 1. The lowest BCUT2D eigenvalue weighted by molar-refractivity contribution is 0.0930. The third-order valence-electron chi connectivity index (χ3n) is 2.77. The standard InChI is InChI=1S/C14H17N3OS/c1-2-5-10(12-7-4-9-19-12)17-14(18)11-6-3-8-13(15)16-11/h3-4,6-10H,2,5H2,1H3,(H2,15,16)(H,17,18). The van der Waals surface area contributed by atoms with Gasteiger partial charge in [0.05, 0.1) is 6.04 Å². The Morgan fingerprint density at radius 3 is 2.89 bits per heavy atom. The van der Waals surface area contributed by atoms with Gasteiger partial charge in [0.15, 0.2) is 0 Å². The molecule has 2 rings (SSSR count). The summed E-state index contributed by atoms with van der Waals surface area (Å²) in [5, 5.41) is 5.03. The molecule has 0 saturated heterocycles. The van der Waals surface area contributed by atoms with Gasteiger partial charge in [0.2, 0.25) is 0 Å². The molecular formula is C14H17N3OS. The zero-order valence-corrected chi connectivity index (χ0v) is 11.6. The first kappa shape index (κ1) is 13.5. The van der Waals surface area contributed by atoms with E-state index in [9.17, 15) is 4.79 Å². The first-order chi connectivity index (χ1) is 9.20. The number of rotatable bonds is 5. The summed E-state index contributed by atoms with van der Waals surface area (Å²) in [7, 11) is 0. The summed E-state index contributed by atoms with van der Waals surface area (Å²) in [6, 6.07) is 9.15. The maximum atomic E-state index is 12.2. The Hall–Kier alpha value is -1.88. The van der Waals surface area contributed by atoms with E-state index in [2.05, 4.69) is 17.2 Å². The monoisotopic (exact) mass is 275 g/mol. The molecule has 0 aliphatic rings. The first-order valence-corrected chi connectivity index (χ1v) is 7.15. The fourth-order valence-electron chi connectivity index (χ4n) is 1.87. The molecule has 1 atom stereocenters. The van der Waals surface area contributed by atoms with Crippen LogP contribution in [-0.2, 0) is 0 Å². The van der Waals surface area contributed by atoms with Crippen LogP contribution in [0, 0.1) is 0 Å². The number of nitrogen functional groups attached to an aromatic ring is 1. The molecular weight excluding hydrogens is 258 g/mol.